The third-order valence-corrected chi connectivity index (χ3v) is 4.05. The lowest BCUT2D eigenvalue weighted by Gasteiger charge is -2.44. The Morgan fingerprint density at radius 2 is 2.15 bits per heavy atom. The highest BCUT2D eigenvalue weighted by molar-refractivity contribution is 7.10. The fourth-order valence-electron chi connectivity index (χ4n) is 2.23. The van der Waals surface area contributed by atoms with Crippen LogP contribution in [0.1, 0.15) is 17.8 Å². The molecule has 2 rings (SSSR count). The topological polar surface area (TPSA) is 78.4 Å². The van der Waals surface area contributed by atoms with Gasteiger partial charge in [-0.25, -0.2) is 4.79 Å². The third-order valence-electron chi connectivity index (χ3n) is 3.09. The Morgan fingerprint density at radius 3 is 2.60 bits per heavy atom. The second-order valence-electron chi connectivity index (χ2n) is 4.44. The van der Waals surface area contributed by atoms with Gasteiger partial charge in [0.1, 0.15) is 5.78 Å². The molecule has 2 amide bonds. The first kappa shape index (κ1) is 14.8. The Kier molecular flexibility index (Phi) is 3.51. The summed E-state index contributed by atoms with van der Waals surface area (Å²) < 4.78 is 39.2. The van der Waals surface area contributed by atoms with Gasteiger partial charge in [0.05, 0.1) is 12.0 Å². The van der Waals surface area contributed by atoms with E-state index in [1.165, 1.54) is 11.4 Å². The maximum Gasteiger partial charge on any atom is 0.437 e. The molecule has 1 saturated heterocycles. The van der Waals surface area contributed by atoms with Crippen LogP contribution < -0.4 is 10.6 Å². The molecule has 20 heavy (non-hydrogen) atoms. The number of thiophene rings is 1. The molecule has 2 heterocycles. The average molecular weight is 308 g/mol. The molecule has 3 atom stereocenters. The van der Waals surface area contributed by atoms with Gasteiger partial charge < -0.3 is 15.7 Å². The number of carbonyl (C=O) groups is 2. The van der Waals surface area contributed by atoms with Crippen LogP contribution in [0.4, 0.5) is 18.0 Å². The Hall–Kier alpha value is -1.61. The molecule has 1 aliphatic heterocycles. The highest BCUT2D eigenvalue weighted by Gasteiger charge is 2.65. The van der Waals surface area contributed by atoms with Gasteiger partial charge in [-0.3, -0.25) is 4.79 Å². The van der Waals surface area contributed by atoms with Gasteiger partial charge in [-0.15, -0.1) is 11.3 Å². The maximum absolute atomic E-state index is 13.1. The van der Waals surface area contributed by atoms with Crippen molar-refractivity contribution in [1.29, 1.82) is 0 Å². The van der Waals surface area contributed by atoms with E-state index in [1.807, 2.05) is 0 Å². The molecule has 0 spiro atoms. The Bertz CT molecular complexity index is 532. The number of hydrogen-bond acceptors (Lipinski definition) is 4. The summed E-state index contributed by atoms with van der Waals surface area (Å²) in [6.45, 7) is 0.946. The van der Waals surface area contributed by atoms with Crippen LogP contribution in [-0.2, 0) is 4.79 Å². The monoisotopic (exact) mass is 308 g/mol. The molecule has 1 aromatic rings. The van der Waals surface area contributed by atoms with Gasteiger partial charge in [0.15, 0.2) is 0 Å². The molecule has 0 aliphatic carbocycles. The highest BCUT2D eigenvalue weighted by Crippen LogP contribution is 2.43. The van der Waals surface area contributed by atoms with Gasteiger partial charge in [0, 0.05) is 4.88 Å². The van der Waals surface area contributed by atoms with Crippen LogP contribution in [0, 0.1) is 5.92 Å². The summed E-state index contributed by atoms with van der Waals surface area (Å²) in [4.78, 5) is 23.4. The number of halogens is 3. The smallest absolute Gasteiger partial charge is 0.363 e. The zero-order valence-electron chi connectivity index (χ0n) is 10.2. The van der Waals surface area contributed by atoms with Gasteiger partial charge in [-0.2, -0.15) is 13.2 Å². The van der Waals surface area contributed by atoms with E-state index in [2.05, 4.69) is 5.32 Å². The van der Waals surface area contributed by atoms with Crippen LogP contribution in [0.2, 0.25) is 0 Å². The average Bonchev–Trinajstić information content (AvgIpc) is 2.78. The van der Waals surface area contributed by atoms with Crippen molar-refractivity contribution in [1.82, 2.24) is 10.6 Å². The van der Waals surface area contributed by atoms with Crippen LogP contribution in [0.15, 0.2) is 17.5 Å². The molecular weight excluding hydrogens is 297 g/mol. The first-order chi connectivity index (χ1) is 9.17. The van der Waals surface area contributed by atoms with Crippen LogP contribution in [0.3, 0.4) is 0 Å². The molecule has 5 nitrogen and oxygen atoms in total. The van der Waals surface area contributed by atoms with Crippen LogP contribution in [0.25, 0.3) is 0 Å². The minimum absolute atomic E-state index is 0.364. The lowest BCUT2D eigenvalue weighted by Crippen LogP contribution is -2.72. The molecule has 1 aliphatic rings. The zero-order chi connectivity index (χ0) is 15.1. The number of hydrogen-bond donors (Lipinski definition) is 3. The van der Waals surface area contributed by atoms with Gasteiger partial charge in [-0.1, -0.05) is 6.07 Å². The summed E-state index contributed by atoms with van der Waals surface area (Å²) in [6, 6.07) is 0.666. The Balaban J connectivity index is 2.52. The van der Waals surface area contributed by atoms with Gasteiger partial charge >= 0.3 is 12.2 Å². The van der Waals surface area contributed by atoms with Crippen molar-refractivity contribution in [3.8, 4) is 0 Å². The van der Waals surface area contributed by atoms with Crippen molar-refractivity contribution in [2.75, 3.05) is 0 Å². The van der Waals surface area contributed by atoms with E-state index in [1.54, 1.807) is 11.4 Å². The SMILES string of the molecule is CC(=O)[C@@H]1[C@H](c2cccs2)NC(=O)N[C@]1(O)C(F)(F)F. The first-order valence-corrected chi connectivity index (χ1v) is 6.46. The number of alkyl halides is 3. The molecule has 1 aromatic heterocycles. The lowest BCUT2D eigenvalue weighted by molar-refractivity contribution is -0.290. The van der Waals surface area contributed by atoms with Gasteiger partial charge in [-0.05, 0) is 18.4 Å². The maximum atomic E-state index is 13.1. The fraction of sp³-hybridized carbons (Fsp3) is 0.455. The molecule has 0 aromatic carbocycles. The number of ketones is 1. The molecule has 1 fully saturated rings. The molecular formula is C11H11F3N2O3S. The quantitative estimate of drug-likeness (QED) is 0.776. The number of carbonyl (C=O) groups excluding carboxylic acids is 2. The third kappa shape index (κ3) is 2.27. The minimum Gasteiger partial charge on any atom is -0.363 e. The predicted molar refractivity (Wildman–Crippen MR) is 63.9 cm³/mol. The van der Waals surface area contributed by atoms with Crippen LogP contribution in [-0.4, -0.2) is 28.8 Å². The zero-order valence-corrected chi connectivity index (χ0v) is 11.0. The second-order valence-corrected chi connectivity index (χ2v) is 5.42. The molecule has 0 radical (unpaired) electrons. The lowest BCUT2D eigenvalue weighted by atomic mass is 9.82. The van der Waals surface area contributed by atoms with E-state index in [-0.39, 0.29) is 0 Å². The number of nitrogens with one attached hydrogen (secondary N) is 2. The minimum atomic E-state index is -5.17. The molecule has 110 valence electrons. The standard InChI is InChI=1S/C11H11F3N2O3S/c1-5(17)7-8(6-3-2-4-20-6)15-9(18)16-10(7,19)11(12,13)14/h2-4,7-8,19H,1H3,(H2,15,16,18)/t7-,8+,10-/m1/s1. The van der Waals surface area contributed by atoms with E-state index in [0.29, 0.717) is 4.88 Å². The molecule has 0 bridgehead atoms. The van der Waals surface area contributed by atoms with Crippen molar-refractivity contribution in [2.45, 2.75) is 24.9 Å². The Labute approximate surface area is 115 Å². The highest BCUT2D eigenvalue weighted by atomic mass is 32.1. The number of Topliss-reactive ketones (excluding diaryl/α,β-unsaturated/α-hetero) is 1. The van der Waals surface area contributed by atoms with Crippen molar-refractivity contribution >= 4 is 23.2 Å². The van der Waals surface area contributed by atoms with E-state index in [0.717, 1.165) is 18.3 Å². The summed E-state index contributed by atoms with van der Waals surface area (Å²) in [5, 5.41) is 15.1. The van der Waals surface area contributed by atoms with Crippen molar-refractivity contribution in [2.24, 2.45) is 5.92 Å². The van der Waals surface area contributed by atoms with E-state index in [4.69, 9.17) is 0 Å². The number of aliphatic hydroxyl groups is 1. The molecule has 0 saturated carbocycles. The largest absolute Gasteiger partial charge is 0.437 e. The van der Waals surface area contributed by atoms with Crippen molar-refractivity contribution < 1.29 is 27.9 Å². The summed E-state index contributed by atoms with van der Waals surface area (Å²) >= 11 is 1.09. The van der Waals surface area contributed by atoms with Crippen LogP contribution in [0.5, 0.6) is 0 Å². The first-order valence-electron chi connectivity index (χ1n) is 5.58. The summed E-state index contributed by atoms with van der Waals surface area (Å²) in [7, 11) is 0. The van der Waals surface area contributed by atoms with Crippen LogP contribution >= 0.6 is 11.3 Å². The molecule has 9 heteroatoms. The number of urea groups is 1. The normalized spacial score (nSPS) is 30.6. The predicted octanol–water partition coefficient (Wildman–Crippen LogP) is 1.56. The fourth-order valence-corrected chi connectivity index (χ4v) is 3.05. The summed E-state index contributed by atoms with van der Waals surface area (Å²) in [6.07, 6.45) is -5.17. The van der Waals surface area contributed by atoms with Crippen molar-refractivity contribution in [3.05, 3.63) is 22.4 Å². The van der Waals surface area contributed by atoms with E-state index >= 15 is 0 Å². The Morgan fingerprint density at radius 1 is 1.50 bits per heavy atom. The van der Waals surface area contributed by atoms with Gasteiger partial charge in [0.2, 0.25) is 5.72 Å². The van der Waals surface area contributed by atoms with E-state index in [9.17, 15) is 27.9 Å². The number of amides is 2. The molecule has 0 unspecified atom stereocenters. The number of rotatable bonds is 2. The molecule has 3 N–H and O–H groups in total. The van der Waals surface area contributed by atoms with Gasteiger partial charge in [0.25, 0.3) is 0 Å². The second kappa shape index (κ2) is 4.74. The van der Waals surface area contributed by atoms with E-state index < -0.39 is 35.7 Å². The summed E-state index contributed by atoms with van der Waals surface area (Å²) in [5.41, 5.74) is -3.59. The summed E-state index contributed by atoms with van der Waals surface area (Å²) in [5.74, 6) is -2.74. The van der Waals surface area contributed by atoms with Crippen molar-refractivity contribution in [3.63, 3.8) is 0 Å².